The highest BCUT2D eigenvalue weighted by Gasteiger charge is 2.28. The van der Waals surface area contributed by atoms with E-state index in [4.69, 9.17) is 0 Å². The molecule has 0 unspecified atom stereocenters. The molecule has 1 rings (SSSR count). The fourth-order valence-electron chi connectivity index (χ4n) is 1.98. The highest BCUT2D eigenvalue weighted by atomic mass is 19.4. The predicted octanol–water partition coefficient (Wildman–Crippen LogP) is 1.79. The Morgan fingerprint density at radius 3 is 2.41 bits per heavy atom. The lowest BCUT2D eigenvalue weighted by molar-refractivity contribution is -0.137. The summed E-state index contributed by atoms with van der Waals surface area (Å²) in [5.74, 6) is -0.351. The third-order valence-corrected chi connectivity index (χ3v) is 3.11. The van der Waals surface area contributed by atoms with Crippen LogP contribution in [0.15, 0.2) is 0 Å². The lowest BCUT2D eigenvalue weighted by Crippen LogP contribution is -2.41. The summed E-state index contributed by atoms with van der Waals surface area (Å²) in [6.07, 6.45) is -3.66. The Bertz CT molecular complexity index is 248. The summed E-state index contributed by atoms with van der Waals surface area (Å²) in [4.78, 5) is 13.8. The number of carbonyl (C=O) groups excluding carboxylic acids is 1. The van der Waals surface area contributed by atoms with Gasteiger partial charge in [0.2, 0.25) is 5.91 Å². The smallest absolute Gasteiger partial charge is 0.356 e. The quantitative estimate of drug-likeness (QED) is 0.827. The molecule has 1 amide bonds. The van der Waals surface area contributed by atoms with E-state index in [0.29, 0.717) is 0 Å². The number of carbonyl (C=O) groups is 1. The average Bonchev–Trinajstić information content (AvgIpc) is 2.27. The van der Waals surface area contributed by atoms with Gasteiger partial charge < -0.3 is 10.2 Å². The average molecular weight is 252 g/mol. The van der Waals surface area contributed by atoms with Gasteiger partial charge in [-0.1, -0.05) is 6.92 Å². The highest BCUT2D eigenvalue weighted by Crippen LogP contribution is 2.19. The van der Waals surface area contributed by atoms with Gasteiger partial charge >= 0.3 is 6.18 Å². The van der Waals surface area contributed by atoms with E-state index in [2.05, 4.69) is 17.1 Å². The van der Waals surface area contributed by atoms with Gasteiger partial charge in [0, 0.05) is 12.5 Å². The Morgan fingerprint density at radius 2 is 1.94 bits per heavy atom. The van der Waals surface area contributed by atoms with E-state index in [0.717, 1.165) is 32.5 Å². The van der Waals surface area contributed by atoms with Crippen LogP contribution in [0.3, 0.4) is 0 Å². The van der Waals surface area contributed by atoms with Crippen LogP contribution in [-0.4, -0.2) is 43.2 Å². The fourth-order valence-corrected chi connectivity index (χ4v) is 1.98. The van der Waals surface area contributed by atoms with Crippen molar-refractivity contribution in [2.45, 2.75) is 32.4 Å². The highest BCUT2D eigenvalue weighted by molar-refractivity contribution is 5.78. The molecule has 3 nitrogen and oxygen atoms in total. The van der Waals surface area contributed by atoms with E-state index in [1.165, 1.54) is 0 Å². The zero-order valence-electron chi connectivity index (χ0n) is 10.0. The van der Waals surface area contributed by atoms with Crippen molar-refractivity contribution in [1.82, 2.24) is 10.2 Å². The van der Waals surface area contributed by atoms with E-state index in [9.17, 15) is 18.0 Å². The van der Waals surface area contributed by atoms with Crippen LogP contribution in [0.5, 0.6) is 0 Å². The Labute approximate surface area is 99.4 Å². The molecule has 17 heavy (non-hydrogen) atoms. The molecule has 1 fully saturated rings. The van der Waals surface area contributed by atoms with Gasteiger partial charge in [0.15, 0.2) is 0 Å². The largest absolute Gasteiger partial charge is 0.390 e. The molecule has 0 aromatic heterocycles. The van der Waals surface area contributed by atoms with Crippen molar-refractivity contribution in [3.05, 3.63) is 0 Å². The maximum atomic E-state index is 11.9. The molecule has 0 aromatic carbocycles. The van der Waals surface area contributed by atoms with Gasteiger partial charge in [-0.25, -0.2) is 0 Å². The van der Waals surface area contributed by atoms with Crippen molar-refractivity contribution >= 4 is 5.91 Å². The molecule has 1 heterocycles. The molecule has 0 saturated carbocycles. The van der Waals surface area contributed by atoms with E-state index in [1.54, 1.807) is 0 Å². The van der Waals surface area contributed by atoms with Gasteiger partial charge in [0.05, 0.1) is 6.42 Å². The molecule has 0 aliphatic carbocycles. The van der Waals surface area contributed by atoms with Crippen molar-refractivity contribution in [3.8, 4) is 0 Å². The number of alkyl halides is 3. The number of nitrogens with zero attached hydrogens (tertiary/aromatic N) is 1. The van der Waals surface area contributed by atoms with Crippen molar-refractivity contribution < 1.29 is 18.0 Å². The molecule has 1 aliphatic rings. The first-order valence-corrected chi connectivity index (χ1v) is 5.99. The minimum absolute atomic E-state index is 0.119. The number of likely N-dealkylation sites (tertiary alicyclic amines) is 1. The second-order valence-electron chi connectivity index (χ2n) is 4.36. The van der Waals surface area contributed by atoms with Gasteiger partial charge in [-0.15, -0.1) is 0 Å². The van der Waals surface area contributed by atoms with Gasteiger partial charge in [-0.05, 0) is 32.5 Å². The van der Waals surface area contributed by atoms with Crippen molar-refractivity contribution in [2.24, 2.45) is 5.92 Å². The molecule has 1 N–H and O–H groups in total. The number of hydrogen-bond acceptors (Lipinski definition) is 2. The summed E-state index contributed by atoms with van der Waals surface area (Å²) in [6.45, 7) is 4.42. The molecule has 1 saturated heterocycles. The van der Waals surface area contributed by atoms with Gasteiger partial charge in [-0.3, -0.25) is 4.79 Å². The van der Waals surface area contributed by atoms with Crippen LogP contribution >= 0.6 is 0 Å². The monoisotopic (exact) mass is 252 g/mol. The summed E-state index contributed by atoms with van der Waals surface area (Å²) in [5, 5.41) is 2.36. The predicted molar refractivity (Wildman–Crippen MR) is 58.5 cm³/mol. The number of hydrogen-bond donors (Lipinski definition) is 1. The molecule has 100 valence electrons. The van der Waals surface area contributed by atoms with Gasteiger partial charge in [-0.2, -0.15) is 13.2 Å². The maximum Gasteiger partial charge on any atom is 0.390 e. The van der Waals surface area contributed by atoms with Crippen LogP contribution in [0.1, 0.15) is 26.2 Å². The molecule has 1 aliphatic heterocycles. The van der Waals surface area contributed by atoms with E-state index < -0.39 is 12.6 Å². The number of nitrogens with one attached hydrogen (secondary N) is 1. The Balaban J connectivity index is 2.21. The van der Waals surface area contributed by atoms with E-state index in [-0.39, 0.29) is 18.4 Å². The molecule has 0 radical (unpaired) electrons. The Hall–Kier alpha value is -0.780. The molecular formula is C11H19F3N2O. The SMILES string of the molecule is CCN1CCC(C(=O)NCCC(F)(F)F)CC1. The van der Waals surface area contributed by atoms with Crippen LogP contribution in [0.25, 0.3) is 0 Å². The second-order valence-corrected chi connectivity index (χ2v) is 4.36. The molecule has 0 bridgehead atoms. The second kappa shape index (κ2) is 6.23. The van der Waals surface area contributed by atoms with Crippen LogP contribution in [-0.2, 0) is 4.79 Å². The molecule has 0 atom stereocenters. The number of halogens is 3. The summed E-state index contributed by atoms with van der Waals surface area (Å²) in [6, 6.07) is 0. The molecule has 6 heteroatoms. The molecule has 0 aromatic rings. The summed E-state index contributed by atoms with van der Waals surface area (Å²) >= 11 is 0. The summed E-state index contributed by atoms with van der Waals surface area (Å²) < 4.78 is 35.7. The van der Waals surface area contributed by atoms with Crippen LogP contribution in [0.2, 0.25) is 0 Å². The molecule has 0 spiro atoms. The third kappa shape index (κ3) is 5.39. The normalized spacial score (nSPS) is 19.3. The minimum Gasteiger partial charge on any atom is -0.356 e. The topological polar surface area (TPSA) is 32.3 Å². The molecular weight excluding hydrogens is 233 g/mol. The zero-order chi connectivity index (χ0) is 12.9. The van der Waals surface area contributed by atoms with E-state index in [1.807, 2.05) is 0 Å². The number of piperidine rings is 1. The van der Waals surface area contributed by atoms with Crippen LogP contribution in [0, 0.1) is 5.92 Å². The van der Waals surface area contributed by atoms with Crippen molar-refractivity contribution in [1.29, 1.82) is 0 Å². The Kier molecular flexibility index (Phi) is 5.24. The number of rotatable bonds is 4. The first-order chi connectivity index (χ1) is 7.92. The summed E-state index contributed by atoms with van der Waals surface area (Å²) in [7, 11) is 0. The fraction of sp³-hybridized carbons (Fsp3) is 0.909. The third-order valence-electron chi connectivity index (χ3n) is 3.11. The van der Waals surface area contributed by atoms with Gasteiger partial charge in [0.25, 0.3) is 0 Å². The minimum atomic E-state index is -4.20. The standard InChI is InChI=1S/C11H19F3N2O/c1-2-16-7-3-9(4-8-16)10(17)15-6-5-11(12,13)14/h9H,2-8H2,1H3,(H,15,17). The van der Waals surface area contributed by atoms with Crippen molar-refractivity contribution in [3.63, 3.8) is 0 Å². The summed E-state index contributed by atoms with van der Waals surface area (Å²) in [5.41, 5.74) is 0. The lowest BCUT2D eigenvalue weighted by Gasteiger charge is -2.30. The lowest BCUT2D eigenvalue weighted by atomic mass is 9.96. The first-order valence-electron chi connectivity index (χ1n) is 5.99. The van der Waals surface area contributed by atoms with Crippen LogP contribution in [0.4, 0.5) is 13.2 Å². The van der Waals surface area contributed by atoms with E-state index >= 15 is 0 Å². The van der Waals surface area contributed by atoms with Crippen molar-refractivity contribution in [2.75, 3.05) is 26.2 Å². The number of amides is 1. The Morgan fingerprint density at radius 1 is 1.35 bits per heavy atom. The van der Waals surface area contributed by atoms with Gasteiger partial charge in [0.1, 0.15) is 0 Å². The van der Waals surface area contributed by atoms with Crippen LogP contribution < -0.4 is 5.32 Å². The maximum absolute atomic E-state index is 11.9. The first kappa shape index (κ1) is 14.3. The zero-order valence-corrected chi connectivity index (χ0v) is 10.0.